The first-order valence-electron chi connectivity index (χ1n) is 8.24. The van der Waals surface area contributed by atoms with Crippen LogP contribution in [0.25, 0.3) is 11.3 Å². The standard InChI is InChI=1S/C19H15Cl2N5O/c1-12-3-2-4-17-24-14(11-25(12)17)9-22-16-10-23-26(19(27)18(16)21)15-7-5-13(20)6-8-15/h2-8,10-11,22H,9H2,1H3. The Balaban J connectivity index is 1.59. The van der Waals surface area contributed by atoms with E-state index in [4.69, 9.17) is 23.2 Å². The minimum absolute atomic E-state index is 0.0693. The van der Waals surface area contributed by atoms with Crippen molar-refractivity contribution in [3.63, 3.8) is 0 Å². The molecule has 3 aromatic heterocycles. The normalized spacial score (nSPS) is 11.1. The van der Waals surface area contributed by atoms with Crippen LogP contribution < -0.4 is 10.9 Å². The van der Waals surface area contributed by atoms with E-state index in [0.717, 1.165) is 17.0 Å². The molecule has 0 saturated heterocycles. The highest BCUT2D eigenvalue weighted by Gasteiger charge is 2.11. The van der Waals surface area contributed by atoms with Crippen LogP contribution in [-0.4, -0.2) is 19.2 Å². The number of aryl methyl sites for hydroxylation is 1. The van der Waals surface area contributed by atoms with E-state index in [0.29, 0.717) is 22.9 Å². The van der Waals surface area contributed by atoms with Crippen molar-refractivity contribution in [2.45, 2.75) is 13.5 Å². The van der Waals surface area contributed by atoms with Crippen molar-refractivity contribution in [3.8, 4) is 5.69 Å². The summed E-state index contributed by atoms with van der Waals surface area (Å²) < 4.78 is 3.24. The van der Waals surface area contributed by atoms with Gasteiger partial charge < -0.3 is 9.72 Å². The lowest BCUT2D eigenvalue weighted by atomic mass is 10.3. The Labute approximate surface area is 165 Å². The van der Waals surface area contributed by atoms with Gasteiger partial charge in [-0.2, -0.15) is 9.78 Å². The zero-order valence-electron chi connectivity index (χ0n) is 14.4. The summed E-state index contributed by atoms with van der Waals surface area (Å²) in [6.07, 6.45) is 3.48. The van der Waals surface area contributed by atoms with E-state index in [-0.39, 0.29) is 5.02 Å². The lowest BCUT2D eigenvalue weighted by Gasteiger charge is -2.09. The molecule has 0 bridgehead atoms. The molecule has 6 nitrogen and oxygen atoms in total. The highest BCUT2D eigenvalue weighted by atomic mass is 35.5. The van der Waals surface area contributed by atoms with Gasteiger partial charge in [-0.3, -0.25) is 4.79 Å². The van der Waals surface area contributed by atoms with E-state index >= 15 is 0 Å². The Bertz CT molecular complexity index is 1180. The molecule has 27 heavy (non-hydrogen) atoms. The lowest BCUT2D eigenvalue weighted by molar-refractivity contribution is 0.807. The summed E-state index contributed by atoms with van der Waals surface area (Å²) in [6.45, 7) is 2.44. The second-order valence-corrected chi connectivity index (χ2v) is 6.86. The van der Waals surface area contributed by atoms with Crippen LogP contribution in [0.4, 0.5) is 5.69 Å². The van der Waals surface area contributed by atoms with Crippen molar-refractivity contribution in [2.24, 2.45) is 0 Å². The molecule has 0 aliphatic heterocycles. The molecule has 8 heteroatoms. The van der Waals surface area contributed by atoms with Crippen molar-refractivity contribution in [1.82, 2.24) is 19.2 Å². The number of imidazole rings is 1. The monoisotopic (exact) mass is 399 g/mol. The topological polar surface area (TPSA) is 64.2 Å². The van der Waals surface area contributed by atoms with Gasteiger partial charge in [-0.1, -0.05) is 29.3 Å². The van der Waals surface area contributed by atoms with Crippen LogP contribution in [0.15, 0.2) is 59.7 Å². The zero-order valence-corrected chi connectivity index (χ0v) is 15.9. The van der Waals surface area contributed by atoms with Gasteiger partial charge in [0.05, 0.1) is 29.8 Å². The highest BCUT2D eigenvalue weighted by Crippen LogP contribution is 2.19. The lowest BCUT2D eigenvalue weighted by Crippen LogP contribution is -2.22. The Kier molecular flexibility index (Phi) is 4.59. The highest BCUT2D eigenvalue weighted by molar-refractivity contribution is 6.33. The number of nitrogens with zero attached hydrogens (tertiary/aromatic N) is 4. The van der Waals surface area contributed by atoms with Gasteiger partial charge in [-0.05, 0) is 43.3 Å². The van der Waals surface area contributed by atoms with Crippen molar-refractivity contribution >= 4 is 34.5 Å². The number of pyridine rings is 1. The molecule has 0 aliphatic rings. The van der Waals surface area contributed by atoms with Gasteiger partial charge >= 0.3 is 0 Å². The minimum Gasteiger partial charge on any atom is -0.377 e. The summed E-state index contributed by atoms with van der Waals surface area (Å²) >= 11 is 12.1. The van der Waals surface area contributed by atoms with E-state index in [1.165, 1.54) is 10.9 Å². The van der Waals surface area contributed by atoms with Crippen molar-refractivity contribution in [3.05, 3.63) is 86.6 Å². The fourth-order valence-electron chi connectivity index (χ4n) is 2.79. The minimum atomic E-state index is -0.408. The number of nitrogens with one attached hydrogen (secondary N) is 1. The van der Waals surface area contributed by atoms with E-state index in [9.17, 15) is 4.79 Å². The van der Waals surface area contributed by atoms with Crippen molar-refractivity contribution in [2.75, 3.05) is 5.32 Å². The van der Waals surface area contributed by atoms with Crippen LogP contribution in [-0.2, 0) is 6.54 Å². The first-order chi connectivity index (χ1) is 13.0. The largest absolute Gasteiger partial charge is 0.377 e. The third-order valence-electron chi connectivity index (χ3n) is 4.20. The molecule has 1 aromatic carbocycles. The first kappa shape index (κ1) is 17.6. The van der Waals surface area contributed by atoms with Crippen LogP contribution in [0.2, 0.25) is 10.0 Å². The number of anilines is 1. The number of halogens is 2. The van der Waals surface area contributed by atoms with Gasteiger partial charge in [0.25, 0.3) is 5.56 Å². The summed E-state index contributed by atoms with van der Waals surface area (Å²) in [5.74, 6) is 0. The zero-order chi connectivity index (χ0) is 19.0. The molecule has 0 amide bonds. The van der Waals surface area contributed by atoms with Crippen LogP contribution in [0.1, 0.15) is 11.4 Å². The Morgan fingerprint density at radius 3 is 2.63 bits per heavy atom. The summed E-state index contributed by atoms with van der Waals surface area (Å²) in [5.41, 5.74) is 3.44. The molecule has 4 rings (SSSR count). The summed E-state index contributed by atoms with van der Waals surface area (Å²) in [4.78, 5) is 17.1. The molecule has 0 atom stereocenters. The molecule has 0 aliphatic carbocycles. The Morgan fingerprint density at radius 1 is 1.11 bits per heavy atom. The van der Waals surface area contributed by atoms with Crippen LogP contribution in [0.3, 0.4) is 0 Å². The first-order valence-corrected chi connectivity index (χ1v) is 9.00. The fraction of sp³-hybridized carbons (Fsp3) is 0.105. The number of aromatic nitrogens is 4. The number of benzene rings is 1. The predicted octanol–water partition coefficient (Wildman–Crippen LogP) is 4.11. The maximum absolute atomic E-state index is 12.5. The average Bonchev–Trinajstić information content (AvgIpc) is 3.08. The molecule has 4 aromatic rings. The SMILES string of the molecule is Cc1cccc2nc(CNc3cnn(-c4ccc(Cl)cc4)c(=O)c3Cl)cn12. The molecule has 0 saturated carbocycles. The number of hydrogen-bond donors (Lipinski definition) is 1. The van der Waals surface area contributed by atoms with Crippen molar-refractivity contribution < 1.29 is 0 Å². The van der Waals surface area contributed by atoms with Crippen LogP contribution >= 0.6 is 23.2 Å². The van der Waals surface area contributed by atoms with Crippen molar-refractivity contribution in [1.29, 1.82) is 0 Å². The molecular weight excluding hydrogens is 385 g/mol. The number of fused-ring (bicyclic) bond motifs is 1. The maximum Gasteiger partial charge on any atom is 0.292 e. The Hall–Kier alpha value is -2.83. The molecule has 3 heterocycles. The van der Waals surface area contributed by atoms with Crippen LogP contribution in [0, 0.1) is 6.92 Å². The predicted molar refractivity (Wildman–Crippen MR) is 107 cm³/mol. The van der Waals surface area contributed by atoms with Gasteiger partial charge in [0.1, 0.15) is 10.7 Å². The molecule has 136 valence electrons. The van der Waals surface area contributed by atoms with E-state index in [2.05, 4.69) is 15.4 Å². The molecule has 0 radical (unpaired) electrons. The molecule has 0 unspecified atom stereocenters. The van der Waals surface area contributed by atoms with Gasteiger partial charge in [0.2, 0.25) is 0 Å². The number of rotatable bonds is 4. The second-order valence-electron chi connectivity index (χ2n) is 6.05. The quantitative estimate of drug-likeness (QED) is 0.560. The van der Waals surface area contributed by atoms with Gasteiger partial charge in [-0.25, -0.2) is 4.98 Å². The summed E-state index contributed by atoms with van der Waals surface area (Å²) in [7, 11) is 0. The third kappa shape index (κ3) is 3.41. The number of hydrogen-bond acceptors (Lipinski definition) is 4. The fourth-order valence-corrected chi connectivity index (χ4v) is 3.11. The van der Waals surface area contributed by atoms with Crippen LogP contribution in [0.5, 0.6) is 0 Å². The van der Waals surface area contributed by atoms with E-state index in [1.807, 2.05) is 35.7 Å². The second kappa shape index (κ2) is 7.06. The average molecular weight is 400 g/mol. The summed E-state index contributed by atoms with van der Waals surface area (Å²) in [5, 5.41) is 7.98. The molecule has 1 N–H and O–H groups in total. The molecule has 0 spiro atoms. The summed E-state index contributed by atoms with van der Waals surface area (Å²) in [6, 6.07) is 12.7. The molecule has 0 fully saturated rings. The van der Waals surface area contributed by atoms with Gasteiger partial charge in [0.15, 0.2) is 0 Å². The molecular formula is C19H15Cl2N5O. The third-order valence-corrected chi connectivity index (χ3v) is 4.81. The maximum atomic E-state index is 12.5. The van der Waals surface area contributed by atoms with E-state index in [1.54, 1.807) is 24.3 Å². The smallest absolute Gasteiger partial charge is 0.292 e. The van der Waals surface area contributed by atoms with Gasteiger partial charge in [0, 0.05) is 16.9 Å². The van der Waals surface area contributed by atoms with E-state index < -0.39 is 5.56 Å². The Morgan fingerprint density at radius 2 is 1.89 bits per heavy atom. The van der Waals surface area contributed by atoms with Gasteiger partial charge in [-0.15, -0.1) is 0 Å².